The molecule has 0 spiro atoms. The third kappa shape index (κ3) is 3.46. The Morgan fingerprint density at radius 1 is 0.900 bits per heavy atom. The lowest BCUT2D eigenvalue weighted by Gasteiger charge is -2.14. The molecule has 4 aromatic rings. The molecule has 3 nitrogen and oxygen atoms in total. The van der Waals surface area contributed by atoms with E-state index < -0.39 is 0 Å². The number of benzene rings is 2. The fraction of sp³-hybridized carbons (Fsp3) is 0.222. The summed E-state index contributed by atoms with van der Waals surface area (Å²) < 4.78 is 2.45. The smallest absolute Gasteiger partial charge is 0.0528 e. The molecule has 150 valence electrons. The maximum Gasteiger partial charge on any atom is 0.0528 e. The average molecular weight is 394 g/mol. The van der Waals surface area contributed by atoms with Gasteiger partial charge in [-0.05, 0) is 61.3 Å². The number of hydrogen-bond acceptors (Lipinski definition) is 2. The van der Waals surface area contributed by atoms with Crippen LogP contribution in [-0.4, -0.2) is 34.6 Å². The standard InChI is InChI=1S/C27H27N3/c1-20-8-9-26-24(18-20)23-12-16-29(2)17-13-27(23)30(26)19-25(21-6-4-3-5-7-21)22-10-14-28-15-11-22/h3-11,14-15,18-19H,12-13,16-17H2,1-2H3. The van der Waals surface area contributed by atoms with Crippen LogP contribution in [0.15, 0.2) is 73.1 Å². The predicted octanol–water partition coefficient (Wildman–Crippen LogP) is 5.42. The SMILES string of the molecule is Cc1ccc2c(c1)c1c(n2C=C(c2ccccc2)c2ccncc2)CCN(C)CC1. The molecule has 0 bridgehead atoms. The minimum atomic E-state index is 1.06. The Hall–Kier alpha value is -3.17. The minimum Gasteiger partial charge on any atom is -0.319 e. The summed E-state index contributed by atoms with van der Waals surface area (Å²) in [7, 11) is 2.23. The summed E-state index contributed by atoms with van der Waals surface area (Å²) in [5.41, 5.74) is 9.20. The van der Waals surface area contributed by atoms with Crippen LogP contribution in [0.4, 0.5) is 0 Å². The average Bonchev–Trinajstić information content (AvgIpc) is 2.92. The van der Waals surface area contributed by atoms with Crippen LogP contribution in [0.2, 0.25) is 0 Å². The normalized spacial score (nSPS) is 15.2. The lowest BCUT2D eigenvalue weighted by molar-refractivity contribution is 0.351. The molecule has 3 heteroatoms. The quantitative estimate of drug-likeness (QED) is 0.463. The van der Waals surface area contributed by atoms with E-state index in [1.54, 1.807) is 0 Å². The van der Waals surface area contributed by atoms with E-state index in [1.807, 2.05) is 12.4 Å². The van der Waals surface area contributed by atoms with E-state index in [0.717, 1.165) is 25.9 Å². The first kappa shape index (κ1) is 18.8. The van der Waals surface area contributed by atoms with Crippen molar-refractivity contribution >= 4 is 22.7 Å². The number of aryl methyl sites for hydroxylation is 1. The van der Waals surface area contributed by atoms with E-state index in [4.69, 9.17) is 0 Å². The van der Waals surface area contributed by atoms with Crippen molar-refractivity contribution in [2.75, 3.05) is 20.1 Å². The molecule has 2 aromatic carbocycles. The molecule has 3 heterocycles. The summed E-state index contributed by atoms with van der Waals surface area (Å²) in [4.78, 5) is 6.67. The largest absolute Gasteiger partial charge is 0.319 e. The van der Waals surface area contributed by atoms with Gasteiger partial charge < -0.3 is 9.47 Å². The third-order valence-electron chi connectivity index (χ3n) is 6.18. The number of hydrogen-bond donors (Lipinski definition) is 0. The first-order chi connectivity index (χ1) is 14.7. The van der Waals surface area contributed by atoms with Gasteiger partial charge >= 0.3 is 0 Å². The molecule has 1 aliphatic heterocycles. The van der Waals surface area contributed by atoms with Gasteiger partial charge in [-0.15, -0.1) is 0 Å². The molecule has 0 amide bonds. The van der Waals surface area contributed by atoms with Crippen LogP contribution < -0.4 is 0 Å². The van der Waals surface area contributed by atoms with Gasteiger partial charge in [0.1, 0.15) is 0 Å². The predicted molar refractivity (Wildman–Crippen MR) is 126 cm³/mol. The Morgan fingerprint density at radius 3 is 2.43 bits per heavy atom. The van der Waals surface area contributed by atoms with Crippen molar-refractivity contribution in [3.8, 4) is 0 Å². The summed E-state index contributed by atoms with van der Waals surface area (Å²) in [5, 5.41) is 1.40. The van der Waals surface area contributed by atoms with Crippen molar-refractivity contribution in [1.29, 1.82) is 0 Å². The number of fused-ring (bicyclic) bond motifs is 3. The molecule has 1 aliphatic rings. The van der Waals surface area contributed by atoms with Gasteiger partial charge in [0.05, 0.1) is 5.52 Å². The van der Waals surface area contributed by atoms with Crippen LogP contribution in [0.5, 0.6) is 0 Å². The highest BCUT2D eigenvalue weighted by atomic mass is 15.1. The Morgan fingerprint density at radius 2 is 1.63 bits per heavy atom. The summed E-state index contributed by atoms with van der Waals surface area (Å²) in [6, 6.07) is 21.7. The molecule has 0 radical (unpaired) electrons. The number of rotatable bonds is 3. The van der Waals surface area contributed by atoms with Crippen LogP contribution in [0.3, 0.4) is 0 Å². The van der Waals surface area contributed by atoms with Crippen LogP contribution in [0.25, 0.3) is 22.7 Å². The molecule has 5 rings (SSSR count). The fourth-order valence-electron chi connectivity index (χ4n) is 4.55. The second kappa shape index (κ2) is 7.92. The van der Waals surface area contributed by atoms with Crippen molar-refractivity contribution < 1.29 is 0 Å². The Bertz CT molecular complexity index is 1160. The van der Waals surface area contributed by atoms with Crippen LogP contribution in [0.1, 0.15) is 27.9 Å². The lowest BCUT2D eigenvalue weighted by Crippen LogP contribution is -2.21. The van der Waals surface area contributed by atoms with Gasteiger partial charge in [-0.1, -0.05) is 42.0 Å². The van der Waals surface area contributed by atoms with E-state index in [-0.39, 0.29) is 0 Å². The van der Waals surface area contributed by atoms with Crippen molar-refractivity contribution in [2.24, 2.45) is 0 Å². The second-order valence-corrected chi connectivity index (χ2v) is 8.26. The molecule has 30 heavy (non-hydrogen) atoms. The molecule has 0 saturated heterocycles. The van der Waals surface area contributed by atoms with Crippen molar-refractivity contribution in [1.82, 2.24) is 14.5 Å². The Kier molecular flexibility index (Phi) is 4.97. The Balaban J connectivity index is 1.78. The highest BCUT2D eigenvalue weighted by Gasteiger charge is 2.20. The maximum absolute atomic E-state index is 4.23. The Labute approximate surface area is 178 Å². The molecule has 0 atom stereocenters. The van der Waals surface area contributed by atoms with Gasteiger partial charge in [-0.25, -0.2) is 0 Å². The van der Waals surface area contributed by atoms with Crippen LogP contribution in [-0.2, 0) is 12.8 Å². The van der Waals surface area contributed by atoms with Crippen molar-refractivity contribution in [3.63, 3.8) is 0 Å². The number of aromatic nitrogens is 2. The zero-order valence-corrected chi connectivity index (χ0v) is 17.7. The number of nitrogens with zero attached hydrogens (tertiary/aromatic N) is 3. The molecule has 2 aromatic heterocycles. The zero-order valence-electron chi connectivity index (χ0n) is 17.7. The number of likely N-dealkylation sites (N-methyl/N-ethyl adjacent to an activating group) is 1. The van der Waals surface area contributed by atoms with E-state index in [0.29, 0.717) is 0 Å². The molecule has 0 fully saturated rings. The van der Waals surface area contributed by atoms with E-state index in [1.165, 1.54) is 44.4 Å². The van der Waals surface area contributed by atoms with Gasteiger partial charge in [0.2, 0.25) is 0 Å². The summed E-state index contributed by atoms with van der Waals surface area (Å²) in [6.07, 6.45) is 8.25. The van der Waals surface area contributed by atoms with E-state index in [2.05, 4.69) is 95.3 Å². The number of pyridine rings is 1. The van der Waals surface area contributed by atoms with E-state index in [9.17, 15) is 0 Å². The van der Waals surface area contributed by atoms with Gasteiger partial charge in [0.25, 0.3) is 0 Å². The highest BCUT2D eigenvalue weighted by molar-refractivity contribution is 5.93. The second-order valence-electron chi connectivity index (χ2n) is 8.26. The van der Waals surface area contributed by atoms with Crippen LogP contribution >= 0.6 is 0 Å². The van der Waals surface area contributed by atoms with Gasteiger partial charge in [0, 0.05) is 54.8 Å². The summed E-state index contributed by atoms with van der Waals surface area (Å²) in [5.74, 6) is 0. The highest BCUT2D eigenvalue weighted by Crippen LogP contribution is 2.33. The first-order valence-corrected chi connectivity index (χ1v) is 10.7. The van der Waals surface area contributed by atoms with Crippen molar-refractivity contribution in [3.05, 3.63) is 101 Å². The molecular formula is C27H27N3. The van der Waals surface area contributed by atoms with Gasteiger partial charge in [0.15, 0.2) is 0 Å². The third-order valence-corrected chi connectivity index (χ3v) is 6.18. The monoisotopic (exact) mass is 393 g/mol. The topological polar surface area (TPSA) is 21.1 Å². The summed E-state index contributed by atoms with van der Waals surface area (Å²) >= 11 is 0. The van der Waals surface area contributed by atoms with E-state index >= 15 is 0 Å². The van der Waals surface area contributed by atoms with Gasteiger partial charge in [-0.3, -0.25) is 4.98 Å². The molecule has 0 saturated carbocycles. The zero-order chi connectivity index (χ0) is 20.5. The summed E-state index contributed by atoms with van der Waals surface area (Å²) in [6.45, 7) is 4.39. The molecular weight excluding hydrogens is 366 g/mol. The van der Waals surface area contributed by atoms with Gasteiger partial charge in [-0.2, -0.15) is 0 Å². The molecule has 0 aliphatic carbocycles. The fourth-order valence-corrected chi connectivity index (χ4v) is 4.55. The molecule has 0 N–H and O–H groups in total. The molecule has 0 unspecified atom stereocenters. The maximum atomic E-state index is 4.23. The van der Waals surface area contributed by atoms with Crippen molar-refractivity contribution in [2.45, 2.75) is 19.8 Å². The first-order valence-electron chi connectivity index (χ1n) is 10.7. The lowest BCUT2D eigenvalue weighted by atomic mass is 10.00. The van der Waals surface area contributed by atoms with Crippen LogP contribution in [0, 0.1) is 6.92 Å². The minimum absolute atomic E-state index is 1.06.